The molecule has 0 spiro atoms. The molecule has 1 N–H and O–H groups in total. The number of aryl methyl sites for hydroxylation is 1. The Hall–Kier alpha value is -1.58. The van der Waals surface area contributed by atoms with Crippen LogP contribution in [0.15, 0.2) is 12.1 Å². The molecule has 20 heavy (non-hydrogen) atoms. The Morgan fingerprint density at radius 2 is 2.00 bits per heavy atom. The Balaban J connectivity index is 2.22. The molecule has 0 aromatic carbocycles. The molecule has 1 aliphatic rings. The number of carboxylic acids is 1. The molecule has 2 rings (SSSR count). The van der Waals surface area contributed by atoms with Gasteiger partial charge in [-0.3, -0.25) is 0 Å². The number of rotatable bonds is 4. The number of carbonyl (C=O) groups is 1. The Morgan fingerprint density at radius 1 is 1.35 bits per heavy atom. The van der Waals surface area contributed by atoms with E-state index in [9.17, 15) is 9.90 Å². The van der Waals surface area contributed by atoms with Crippen molar-refractivity contribution in [3.05, 3.63) is 23.4 Å². The predicted molar refractivity (Wildman–Crippen MR) is 80.4 cm³/mol. The zero-order chi connectivity index (χ0) is 14.7. The third-order valence-corrected chi connectivity index (χ3v) is 4.37. The van der Waals surface area contributed by atoms with Crippen molar-refractivity contribution in [2.45, 2.75) is 52.0 Å². The molecule has 1 heterocycles. The molecule has 1 aromatic heterocycles. The van der Waals surface area contributed by atoms with Gasteiger partial charge in [0.2, 0.25) is 0 Å². The van der Waals surface area contributed by atoms with Crippen LogP contribution in [0.25, 0.3) is 0 Å². The molecule has 110 valence electrons. The number of anilines is 1. The van der Waals surface area contributed by atoms with Gasteiger partial charge in [0.1, 0.15) is 5.82 Å². The van der Waals surface area contributed by atoms with E-state index >= 15 is 0 Å². The van der Waals surface area contributed by atoms with E-state index in [1.54, 1.807) is 12.1 Å². The largest absolute Gasteiger partial charge is 0.478 e. The summed E-state index contributed by atoms with van der Waals surface area (Å²) in [4.78, 5) is 18.0. The third-order valence-electron chi connectivity index (χ3n) is 4.37. The lowest BCUT2D eigenvalue weighted by Gasteiger charge is -2.34. The van der Waals surface area contributed by atoms with Crippen LogP contribution in [0, 0.1) is 5.92 Å². The van der Waals surface area contributed by atoms with Crippen molar-refractivity contribution >= 4 is 11.8 Å². The van der Waals surface area contributed by atoms with Gasteiger partial charge in [-0.25, -0.2) is 9.78 Å². The van der Waals surface area contributed by atoms with Gasteiger partial charge in [-0.05, 0) is 50.2 Å². The lowest BCUT2D eigenvalue weighted by atomic mass is 9.87. The number of pyridine rings is 1. The smallest absolute Gasteiger partial charge is 0.335 e. The third kappa shape index (κ3) is 3.30. The Kier molecular flexibility index (Phi) is 4.63. The van der Waals surface area contributed by atoms with Crippen molar-refractivity contribution < 1.29 is 9.90 Å². The molecule has 0 atom stereocenters. The van der Waals surface area contributed by atoms with Crippen molar-refractivity contribution in [1.82, 2.24) is 4.98 Å². The summed E-state index contributed by atoms with van der Waals surface area (Å²) in [5.41, 5.74) is 1.18. The zero-order valence-corrected chi connectivity index (χ0v) is 12.6. The maximum absolute atomic E-state index is 11.2. The van der Waals surface area contributed by atoms with E-state index in [0.717, 1.165) is 36.7 Å². The van der Waals surface area contributed by atoms with Crippen LogP contribution in [0.4, 0.5) is 5.82 Å². The molecular formula is C16H24N2O2. The van der Waals surface area contributed by atoms with Crippen molar-refractivity contribution in [2.24, 2.45) is 5.92 Å². The molecule has 0 bridgehead atoms. The minimum atomic E-state index is -0.881. The summed E-state index contributed by atoms with van der Waals surface area (Å²) in [5.74, 6) is 0.722. The number of aromatic carboxylic acids is 1. The van der Waals surface area contributed by atoms with Gasteiger partial charge in [0.25, 0.3) is 0 Å². The second-order valence-electron chi connectivity index (χ2n) is 5.89. The molecule has 0 amide bonds. The first-order valence-corrected chi connectivity index (χ1v) is 7.48. The monoisotopic (exact) mass is 276 g/mol. The lowest BCUT2D eigenvalue weighted by molar-refractivity contribution is 0.0696. The summed E-state index contributed by atoms with van der Waals surface area (Å²) in [6.45, 7) is 4.30. The first-order valence-electron chi connectivity index (χ1n) is 7.48. The van der Waals surface area contributed by atoms with Gasteiger partial charge in [0, 0.05) is 18.8 Å². The van der Waals surface area contributed by atoms with Gasteiger partial charge in [-0.2, -0.15) is 0 Å². The van der Waals surface area contributed by atoms with Crippen LogP contribution in [0.3, 0.4) is 0 Å². The zero-order valence-electron chi connectivity index (χ0n) is 12.6. The summed E-state index contributed by atoms with van der Waals surface area (Å²) in [5, 5.41) is 9.21. The predicted octanol–water partition coefficient (Wildman–Crippen LogP) is 3.36. The Morgan fingerprint density at radius 3 is 2.55 bits per heavy atom. The van der Waals surface area contributed by atoms with Crippen molar-refractivity contribution in [2.75, 3.05) is 11.9 Å². The minimum absolute atomic E-state index is 0.336. The molecule has 1 aromatic rings. The number of hydrogen-bond acceptors (Lipinski definition) is 3. The number of carboxylic acid groups (broad SMARTS) is 1. The van der Waals surface area contributed by atoms with Gasteiger partial charge < -0.3 is 10.0 Å². The van der Waals surface area contributed by atoms with E-state index in [2.05, 4.69) is 16.8 Å². The molecule has 1 aliphatic carbocycles. The molecule has 4 heteroatoms. The summed E-state index contributed by atoms with van der Waals surface area (Å²) in [6.07, 6.45) is 5.57. The molecule has 0 unspecified atom stereocenters. The first-order chi connectivity index (χ1) is 9.51. The SMILES string of the molecule is CCc1cc(C(=O)O)cc(N(C)C2CCC(C)CC2)n1. The van der Waals surface area contributed by atoms with E-state index in [1.165, 1.54) is 12.8 Å². The first kappa shape index (κ1) is 14.8. The van der Waals surface area contributed by atoms with Gasteiger partial charge in [-0.15, -0.1) is 0 Å². The average molecular weight is 276 g/mol. The molecule has 0 aliphatic heterocycles. The normalized spacial score (nSPS) is 22.6. The standard InChI is InChI=1S/C16H24N2O2/c1-4-13-9-12(16(19)20)10-15(17-13)18(3)14-7-5-11(2)6-8-14/h9-11,14H,4-8H2,1-3H3,(H,19,20). The summed E-state index contributed by atoms with van der Waals surface area (Å²) in [7, 11) is 2.04. The molecule has 0 saturated heterocycles. The molecular weight excluding hydrogens is 252 g/mol. The topological polar surface area (TPSA) is 53.4 Å². The Labute approximate surface area is 120 Å². The van der Waals surface area contributed by atoms with E-state index in [1.807, 2.05) is 14.0 Å². The fraction of sp³-hybridized carbons (Fsp3) is 0.625. The second-order valence-corrected chi connectivity index (χ2v) is 5.89. The van der Waals surface area contributed by atoms with Crippen molar-refractivity contribution in [1.29, 1.82) is 0 Å². The second kappa shape index (κ2) is 6.25. The number of hydrogen-bond donors (Lipinski definition) is 1. The van der Waals surface area contributed by atoms with Crippen LogP contribution in [0.1, 0.15) is 55.6 Å². The summed E-state index contributed by atoms with van der Waals surface area (Å²) in [6, 6.07) is 3.84. The van der Waals surface area contributed by atoms with E-state index in [4.69, 9.17) is 0 Å². The van der Waals surface area contributed by atoms with Crippen molar-refractivity contribution in [3.8, 4) is 0 Å². The molecule has 4 nitrogen and oxygen atoms in total. The van der Waals surface area contributed by atoms with Gasteiger partial charge in [-0.1, -0.05) is 13.8 Å². The maximum atomic E-state index is 11.2. The van der Waals surface area contributed by atoms with E-state index in [-0.39, 0.29) is 0 Å². The summed E-state index contributed by atoms with van der Waals surface area (Å²) < 4.78 is 0. The molecule has 0 radical (unpaired) electrons. The van der Waals surface area contributed by atoms with Crippen LogP contribution in [0.2, 0.25) is 0 Å². The quantitative estimate of drug-likeness (QED) is 0.916. The lowest BCUT2D eigenvalue weighted by Crippen LogP contribution is -2.35. The molecule has 1 fully saturated rings. The van der Waals surface area contributed by atoms with Crippen LogP contribution < -0.4 is 4.90 Å². The van der Waals surface area contributed by atoms with Crippen LogP contribution in [-0.2, 0) is 6.42 Å². The van der Waals surface area contributed by atoms with Gasteiger partial charge in [0.15, 0.2) is 0 Å². The maximum Gasteiger partial charge on any atom is 0.335 e. The van der Waals surface area contributed by atoms with Crippen molar-refractivity contribution in [3.63, 3.8) is 0 Å². The van der Waals surface area contributed by atoms with Crippen LogP contribution in [-0.4, -0.2) is 29.1 Å². The Bertz CT molecular complexity index is 479. The van der Waals surface area contributed by atoms with E-state index < -0.39 is 5.97 Å². The van der Waals surface area contributed by atoms with Gasteiger partial charge >= 0.3 is 5.97 Å². The number of aromatic nitrogens is 1. The fourth-order valence-corrected chi connectivity index (χ4v) is 2.87. The van der Waals surface area contributed by atoms with E-state index in [0.29, 0.717) is 11.6 Å². The highest BCUT2D eigenvalue weighted by Gasteiger charge is 2.23. The minimum Gasteiger partial charge on any atom is -0.478 e. The highest BCUT2D eigenvalue weighted by atomic mass is 16.4. The average Bonchev–Trinajstić information content (AvgIpc) is 2.46. The fourth-order valence-electron chi connectivity index (χ4n) is 2.87. The summed E-state index contributed by atoms with van der Waals surface area (Å²) >= 11 is 0. The van der Waals surface area contributed by atoms with Crippen LogP contribution in [0.5, 0.6) is 0 Å². The number of nitrogens with zero attached hydrogens (tertiary/aromatic N) is 2. The van der Waals surface area contributed by atoms with Gasteiger partial charge in [0.05, 0.1) is 5.56 Å². The highest BCUT2D eigenvalue weighted by Crippen LogP contribution is 2.29. The highest BCUT2D eigenvalue weighted by molar-refractivity contribution is 5.88. The van der Waals surface area contributed by atoms with Crippen LogP contribution >= 0.6 is 0 Å². The molecule has 1 saturated carbocycles.